The third-order valence-electron chi connectivity index (χ3n) is 3.02. The first-order valence-corrected chi connectivity index (χ1v) is 5.95. The lowest BCUT2D eigenvalue weighted by Crippen LogP contribution is -2.23. The second-order valence-electron chi connectivity index (χ2n) is 4.30. The molecule has 0 aromatic heterocycles. The fraction of sp³-hybridized carbons (Fsp3) is 0.200. The number of anilines is 1. The molecule has 0 saturated carbocycles. The summed E-state index contributed by atoms with van der Waals surface area (Å²) in [5.41, 5.74) is 2.46. The molecule has 1 aliphatic rings. The van der Waals surface area contributed by atoms with Gasteiger partial charge < -0.3 is 10.1 Å². The normalized spacial score (nSPS) is 17.3. The van der Waals surface area contributed by atoms with E-state index in [1.54, 1.807) is 0 Å². The van der Waals surface area contributed by atoms with E-state index in [-0.39, 0.29) is 6.10 Å². The summed E-state index contributed by atoms with van der Waals surface area (Å²) in [6.45, 7) is 0.846. The molecule has 1 heterocycles. The van der Waals surface area contributed by atoms with Crippen LogP contribution in [0.5, 0.6) is 5.75 Å². The zero-order valence-electron chi connectivity index (χ0n) is 9.60. The summed E-state index contributed by atoms with van der Waals surface area (Å²) < 4.78 is 5.87. The van der Waals surface area contributed by atoms with Crippen LogP contribution in [0, 0.1) is 0 Å². The standard InChI is InChI=1S/C15H15NO/c1-2-7-13(8-3-1)16-11-14-10-12-6-4-5-9-15(12)17-14/h1-9,14,16H,10-11H2. The summed E-state index contributed by atoms with van der Waals surface area (Å²) >= 11 is 0. The van der Waals surface area contributed by atoms with E-state index >= 15 is 0 Å². The lowest BCUT2D eigenvalue weighted by molar-refractivity contribution is 0.246. The summed E-state index contributed by atoms with van der Waals surface area (Å²) in [4.78, 5) is 0. The minimum absolute atomic E-state index is 0.243. The fourth-order valence-corrected chi connectivity index (χ4v) is 2.16. The monoisotopic (exact) mass is 225 g/mol. The molecule has 1 unspecified atom stereocenters. The maximum Gasteiger partial charge on any atom is 0.123 e. The molecule has 1 aliphatic heterocycles. The number of rotatable bonds is 3. The molecule has 1 N–H and O–H groups in total. The Hall–Kier alpha value is -1.96. The molecule has 86 valence electrons. The van der Waals surface area contributed by atoms with E-state index in [1.807, 2.05) is 30.3 Å². The largest absolute Gasteiger partial charge is 0.488 e. The van der Waals surface area contributed by atoms with Crippen LogP contribution in [0.25, 0.3) is 0 Å². The first kappa shape index (κ1) is 10.2. The average Bonchev–Trinajstić information content (AvgIpc) is 2.80. The molecule has 2 aromatic carbocycles. The first-order chi connectivity index (χ1) is 8.42. The van der Waals surface area contributed by atoms with E-state index in [0.717, 1.165) is 24.4 Å². The number of fused-ring (bicyclic) bond motifs is 1. The molecule has 2 heteroatoms. The highest BCUT2D eigenvalue weighted by atomic mass is 16.5. The van der Waals surface area contributed by atoms with E-state index in [9.17, 15) is 0 Å². The van der Waals surface area contributed by atoms with E-state index in [4.69, 9.17) is 4.74 Å². The molecule has 0 spiro atoms. The fourth-order valence-electron chi connectivity index (χ4n) is 2.16. The zero-order chi connectivity index (χ0) is 11.5. The van der Waals surface area contributed by atoms with Crippen molar-refractivity contribution >= 4 is 5.69 Å². The number of para-hydroxylation sites is 2. The number of ether oxygens (including phenoxy) is 1. The van der Waals surface area contributed by atoms with Crippen molar-refractivity contribution in [1.29, 1.82) is 0 Å². The second kappa shape index (κ2) is 4.50. The van der Waals surface area contributed by atoms with Gasteiger partial charge in [0.25, 0.3) is 0 Å². The number of nitrogens with one attached hydrogen (secondary N) is 1. The smallest absolute Gasteiger partial charge is 0.123 e. The van der Waals surface area contributed by atoms with Crippen LogP contribution in [0.2, 0.25) is 0 Å². The van der Waals surface area contributed by atoms with Crippen LogP contribution in [-0.4, -0.2) is 12.6 Å². The van der Waals surface area contributed by atoms with Crippen molar-refractivity contribution in [3.8, 4) is 5.75 Å². The Morgan fingerprint density at radius 1 is 1.00 bits per heavy atom. The van der Waals surface area contributed by atoms with Gasteiger partial charge in [-0.15, -0.1) is 0 Å². The van der Waals surface area contributed by atoms with Crippen LogP contribution in [0.3, 0.4) is 0 Å². The third-order valence-corrected chi connectivity index (χ3v) is 3.02. The molecule has 17 heavy (non-hydrogen) atoms. The topological polar surface area (TPSA) is 21.3 Å². The van der Waals surface area contributed by atoms with Crippen LogP contribution in [-0.2, 0) is 6.42 Å². The van der Waals surface area contributed by atoms with Gasteiger partial charge in [0.2, 0.25) is 0 Å². The lowest BCUT2D eigenvalue weighted by Gasteiger charge is -2.12. The van der Waals surface area contributed by atoms with Crippen molar-refractivity contribution in [3.63, 3.8) is 0 Å². The SMILES string of the molecule is c1ccc(NCC2Cc3ccccc3O2)cc1. The second-order valence-corrected chi connectivity index (χ2v) is 4.30. The summed E-state index contributed by atoms with van der Waals surface area (Å²) in [6.07, 6.45) is 1.24. The summed E-state index contributed by atoms with van der Waals surface area (Å²) in [6, 6.07) is 18.5. The molecule has 0 radical (unpaired) electrons. The van der Waals surface area contributed by atoms with E-state index < -0.39 is 0 Å². The van der Waals surface area contributed by atoms with E-state index in [1.165, 1.54) is 5.56 Å². The molecule has 0 aliphatic carbocycles. The highest BCUT2D eigenvalue weighted by molar-refractivity contribution is 5.43. The highest BCUT2D eigenvalue weighted by Crippen LogP contribution is 2.28. The summed E-state index contributed by atoms with van der Waals surface area (Å²) in [7, 11) is 0. The van der Waals surface area contributed by atoms with Gasteiger partial charge in [0.1, 0.15) is 11.9 Å². The Morgan fingerprint density at radius 3 is 2.59 bits per heavy atom. The Kier molecular flexibility index (Phi) is 2.70. The van der Waals surface area contributed by atoms with Gasteiger partial charge >= 0.3 is 0 Å². The third kappa shape index (κ3) is 2.26. The minimum atomic E-state index is 0.243. The van der Waals surface area contributed by atoms with Crippen LogP contribution >= 0.6 is 0 Å². The summed E-state index contributed by atoms with van der Waals surface area (Å²) in [5.74, 6) is 1.03. The Morgan fingerprint density at radius 2 is 1.76 bits per heavy atom. The van der Waals surface area contributed by atoms with Crippen molar-refractivity contribution in [1.82, 2.24) is 0 Å². The van der Waals surface area contributed by atoms with Crippen molar-refractivity contribution in [2.45, 2.75) is 12.5 Å². The van der Waals surface area contributed by atoms with Gasteiger partial charge in [0.15, 0.2) is 0 Å². The molecule has 0 amide bonds. The van der Waals surface area contributed by atoms with Gasteiger partial charge in [-0.3, -0.25) is 0 Å². The van der Waals surface area contributed by atoms with Crippen molar-refractivity contribution in [2.75, 3.05) is 11.9 Å². The van der Waals surface area contributed by atoms with Crippen molar-refractivity contribution in [3.05, 3.63) is 60.2 Å². The van der Waals surface area contributed by atoms with Crippen LogP contribution in [0.15, 0.2) is 54.6 Å². The van der Waals surface area contributed by atoms with Crippen molar-refractivity contribution in [2.24, 2.45) is 0 Å². The van der Waals surface area contributed by atoms with Gasteiger partial charge in [-0.25, -0.2) is 0 Å². The van der Waals surface area contributed by atoms with Gasteiger partial charge in [0, 0.05) is 12.1 Å². The van der Waals surface area contributed by atoms with Crippen LogP contribution < -0.4 is 10.1 Å². The number of hydrogen-bond acceptors (Lipinski definition) is 2. The van der Waals surface area contributed by atoms with Crippen LogP contribution in [0.1, 0.15) is 5.56 Å². The summed E-state index contributed by atoms with van der Waals surface area (Å²) in [5, 5.41) is 3.40. The first-order valence-electron chi connectivity index (χ1n) is 5.95. The van der Waals surface area contributed by atoms with E-state index in [0.29, 0.717) is 0 Å². The molecule has 0 fully saturated rings. The van der Waals surface area contributed by atoms with Crippen molar-refractivity contribution < 1.29 is 4.74 Å². The predicted octanol–water partition coefficient (Wildman–Crippen LogP) is 3.10. The Balaban J connectivity index is 1.59. The van der Waals surface area contributed by atoms with Gasteiger partial charge in [-0.05, 0) is 23.8 Å². The molecular formula is C15H15NO. The average molecular weight is 225 g/mol. The lowest BCUT2D eigenvalue weighted by atomic mass is 10.1. The zero-order valence-corrected chi connectivity index (χ0v) is 9.60. The highest BCUT2D eigenvalue weighted by Gasteiger charge is 2.21. The molecule has 1 atom stereocenters. The Labute approximate surface area is 101 Å². The number of hydrogen-bond donors (Lipinski definition) is 1. The molecule has 2 aromatic rings. The number of benzene rings is 2. The molecule has 3 rings (SSSR count). The predicted molar refractivity (Wildman–Crippen MR) is 69.5 cm³/mol. The van der Waals surface area contributed by atoms with Gasteiger partial charge in [-0.2, -0.15) is 0 Å². The van der Waals surface area contributed by atoms with Gasteiger partial charge in [0.05, 0.1) is 6.54 Å². The van der Waals surface area contributed by atoms with Crippen LogP contribution in [0.4, 0.5) is 5.69 Å². The molecule has 0 bridgehead atoms. The minimum Gasteiger partial charge on any atom is -0.488 e. The maximum absolute atomic E-state index is 5.87. The van der Waals surface area contributed by atoms with E-state index in [2.05, 4.69) is 29.6 Å². The molecular weight excluding hydrogens is 210 g/mol. The molecule has 0 saturated heterocycles. The quantitative estimate of drug-likeness (QED) is 0.866. The van der Waals surface area contributed by atoms with Gasteiger partial charge in [-0.1, -0.05) is 36.4 Å². The molecule has 2 nitrogen and oxygen atoms in total. The Bertz CT molecular complexity index is 470. The maximum atomic E-state index is 5.87.